The van der Waals surface area contributed by atoms with Gasteiger partial charge in [-0.05, 0) is 67.6 Å². The zero-order valence-electron chi connectivity index (χ0n) is 14.0. The lowest BCUT2D eigenvalue weighted by molar-refractivity contribution is 0.196. The van der Waals surface area contributed by atoms with Crippen molar-refractivity contribution < 1.29 is 0 Å². The molecule has 0 aliphatic heterocycles. The first-order valence-corrected chi connectivity index (χ1v) is 9.03. The molecule has 1 heteroatoms. The molecule has 1 aromatic rings. The van der Waals surface area contributed by atoms with Gasteiger partial charge in [0.15, 0.2) is 0 Å². The zero-order chi connectivity index (χ0) is 14.8. The Kier molecular flexibility index (Phi) is 4.69. The van der Waals surface area contributed by atoms with Crippen molar-refractivity contribution in [2.75, 3.05) is 0 Å². The van der Waals surface area contributed by atoms with Crippen LogP contribution in [0.3, 0.4) is 0 Å². The highest BCUT2D eigenvalue weighted by molar-refractivity contribution is 5.35. The number of hydrogen-bond donors (Lipinski definition) is 1. The lowest BCUT2D eigenvalue weighted by Crippen LogP contribution is -2.41. The smallest absolute Gasteiger partial charge is 0.0294 e. The molecule has 0 spiro atoms. The van der Waals surface area contributed by atoms with Crippen molar-refractivity contribution in [2.24, 2.45) is 11.8 Å². The van der Waals surface area contributed by atoms with E-state index in [1.807, 2.05) is 0 Å². The van der Waals surface area contributed by atoms with Gasteiger partial charge < -0.3 is 5.32 Å². The zero-order valence-corrected chi connectivity index (χ0v) is 14.0. The molecule has 0 amide bonds. The molecule has 2 aliphatic carbocycles. The largest absolute Gasteiger partial charge is 0.307 e. The summed E-state index contributed by atoms with van der Waals surface area (Å²) in [7, 11) is 0. The van der Waals surface area contributed by atoms with Crippen molar-refractivity contribution >= 4 is 0 Å². The van der Waals surface area contributed by atoms with E-state index in [9.17, 15) is 0 Å². The summed E-state index contributed by atoms with van der Waals surface area (Å²) < 4.78 is 0. The van der Waals surface area contributed by atoms with Gasteiger partial charge in [0.2, 0.25) is 0 Å². The first-order chi connectivity index (χ1) is 10.1. The number of nitrogens with one attached hydrogen (secondary N) is 1. The van der Waals surface area contributed by atoms with E-state index in [1.54, 1.807) is 11.1 Å². The standard InChI is InChI=1S/C20H31N/c1-14-7-6-10-20(15(14)2)21-16(3)18-12-11-17-8-4-5-9-19(17)13-18/h11-16,20-21H,4-10H2,1-3H3. The van der Waals surface area contributed by atoms with E-state index in [2.05, 4.69) is 44.3 Å². The summed E-state index contributed by atoms with van der Waals surface area (Å²) in [6, 6.07) is 8.39. The first kappa shape index (κ1) is 15.1. The summed E-state index contributed by atoms with van der Waals surface area (Å²) in [6.07, 6.45) is 9.46. The predicted octanol–water partition coefficient (Wildman–Crippen LogP) is 5.04. The number of aryl methyl sites for hydroxylation is 2. The fourth-order valence-corrected chi connectivity index (χ4v) is 4.26. The Morgan fingerprint density at radius 3 is 2.57 bits per heavy atom. The topological polar surface area (TPSA) is 12.0 Å². The van der Waals surface area contributed by atoms with Gasteiger partial charge in [-0.1, -0.05) is 44.9 Å². The summed E-state index contributed by atoms with van der Waals surface area (Å²) in [5.41, 5.74) is 4.69. The summed E-state index contributed by atoms with van der Waals surface area (Å²) in [6.45, 7) is 7.19. The summed E-state index contributed by atoms with van der Waals surface area (Å²) in [5.74, 6) is 1.67. The highest BCUT2D eigenvalue weighted by atomic mass is 15.0. The first-order valence-electron chi connectivity index (χ1n) is 9.03. The minimum Gasteiger partial charge on any atom is -0.307 e. The number of hydrogen-bond acceptors (Lipinski definition) is 1. The van der Waals surface area contributed by atoms with Gasteiger partial charge in [-0.3, -0.25) is 0 Å². The van der Waals surface area contributed by atoms with Crippen LogP contribution < -0.4 is 5.32 Å². The third-order valence-electron chi connectivity index (χ3n) is 6.04. The second kappa shape index (κ2) is 6.52. The van der Waals surface area contributed by atoms with Crippen molar-refractivity contribution in [3.8, 4) is 0 Å². The average Bonchev–Trinajstić information content (AvgIpc) is 2.51. The Morgan fingerprint density at radius 1 is 1.00 bits per heavy atom. The molecule has 1 saturated carbocycles. The van der Waals surface area contributed by atoms with Gasteiger partial charge in [-0.25, -0.2) is 0 Å². The molecular formula is C20H31N. The minimum absolute atomic E-state index is 0.481. The Bertz CT molecular complexity index is 479. The Hall–Kier alpha value is -0.820. The third-order valence-corrected chi connectivity index (χ3v) is 6.04. The minimum atomic E-state index is 0.481. The van der Waals surface area contributed by atoms with Crippen molar-refractivity contribution in [2.45, 2.75) is 77.8 Å². The fourth-order valence-electron chi connectivity index (χ4n) is 4.26. The van der Waals surface area contributed by atoms with Gasteiger partial charge in [0, 0.05) is 12.1 Å². The molecule has 0 heterocycles. The van der Waals surface area contributed by atoms with E-state index in [1.165, 1.54) is 50.5 Å². The van der Waals surface area contributed by atoms with Gasteiger partial charge in [0.1, 0.15) is 0 Å². The normalized spacial score (nSPS) is 30.7. The summed E-state index contributed by atoms with van der Waals surface area (Å²) in [5, 5.41) is 3.92. The van der Waals surface area contributed by atoms with Crippen LogP contribution in [0.4, 0.5) is 0 Å². The van der Waals surface area contributed by atoms with Crippen LogP contribution in [-0.2, 0) is 12.8 Å². The second-order valence-corrected chi connectivity index (χ2v) is 7.50. The number of benzene rings is 1. The molecule has 4 atom stereocenters. The molecule has 0 radical (unpaired) electrons. The Labute approximate surface area is 130 Å². The van der Waals surface area contributed by atoms with Crippen LogP contribution in [0.5, 0.6) is 0 Å². The van der Waals surface area contributed by atoms with Crippen molar-refractivity contribution in [3.63, 3.8) is 0 Å². The Morgan fingerprint density at radius 2 is 1.76 bits per heavy atom. The fraction of sp³-hybridized carbons (Fsp3) is 0.700. The molecule has 0 saturated heterocycles. The molecule has 116 valence electrons. The van der Waals surface area contributed by atoms with Crippen LogP contribution in [0.2, 0.25) is 0 Å². The van der Waals surface area contributed by atoms with Crippen molar-refractivity contribution in [1.82, 2.24) is 5.32 Å². The molecule has 3 rings (SSSR count). The Balaban J connectivity index is 1.68. The average molecular weight is 285 g/mol. The maximum Gasteiger partial charge on any atom is 0.0294 e. The van der Waals surface area contributed by atoms with Gasteiger partial charge in [-0.2, -0.15) is 0 Å². The molecule has 0 aromatic heterocycles. The summed E-state index contributed by atoms with van der Waals surface area (Å²) in [4.78, 5) is 0. The van der Waals surface area contributed by atoms with Crippen LogP contribution in [0.15, 0.2) is 18.2 Å². The lowest BCUT2D eigenvalue weighted by atomic mass is 9.77. The van der Waals surface area contributed by atoms with Crippen LogP contribution in [0.1, 0.15) is 75.6 Å². The van der Waals surface area contributed by atoms with Crippen molar-refractivity contribution in [1.29, 1.82) is 0 Å². The van der Waals surface area contributed by atoms with Crippen LogP contribution in [-0.4, -0.2) is 6.04 Å². The molecule has 0 bridgehead atoms. The molecule has 1 nitrogen and oxygen atoms in total. The monoisotopic (exact) mass is 285 g/mol. The molecule has 1 fully saturated rings. The maximum absolute atomic E-state index is 3.92. The van der Waals surface area contributed by atoms with E-state index in [0.717, 1.165) is 11.8 Å². The number of fused-ring (bicyclic) bond motifs is 1. The molecule has 2 aliphatic rings. The van der Waals surface area contributed by atoms with Gasteiger partial charge in [0.25, 0.3) is 0 Å². The van der Waals surface area contributed by atoms with Gasteiger partial charge >= 0.3 is 0 Å². The second-order valence-electron chi connectivity index (χ2n) is 7.50. The predicted molar refractivity (Wildman–Crippen MR) is 90.6 cm³/mol. The number of rotatable bonds is 3. The van der Waals surface area contributed by atoms with Crippen LogP contribution in [0.25, 0.3) is 0 Å². The van der Waals surface area contributed by atoms with E-state index >= 15 is 0 Å². The molecule has 1 N–H and O–H groups in total. The van der Waals surface area contributed by atoms with E-state index < -0.39 is 0 Å². The van der Waals surface area contributed by atoms with Gasteiger partial charge in [-0.15, -0.1) is 0 Å². The lowest BCUT2D eigenvalue weighted by Gasteiger charge is -2.36. The molecule has 1 aromatic carbocycles. The highest BCUT2D eigenvalue weighted by Gasteiger charge is 2.28. The van der Waals surface area contributed by atoms with Crippen LogP contribution in [0, 0.1) is 11.8 Å². The highest BCUT2D eigenvalue weighted by Crippen LogP contribution is 2.31. The quantitative estimate of drug-likeness (QED) is 0.820. The molecular weight excluding hydrogens is 254 g/mol. The third kappa shape index (κ3) is 3.34. The van der Waals surface area contributed by atoms with Crippen LogP contribution >= 0.6 is 0 Å². The van der Waals surface area contributed by atoms with Gasteiger partial charge in [0.05, 0.1) is 0 Å². The molecule has 4 unspecified atom stereocenters. The van der Waals surface area contributed by atoms with Crippen molar-refractivity contribution in [3.05, 3.63) is 34.9 Å². The van der Waals surface area contributed by atoms with E-state index in [-0.39, 0.29) is 0 Å². The SMILES string of the molecule is CC(NC1CCCC(C)C1C)c1ccc2c(c1)CCCC2. The summed E-state index contributed by atoms with van der Waals surface area (Å²) >= 11 is 0. The maximum atomic E-state index is 3.92. The van der Waals surface area contributed by atoms with E-state index in [0.29, 0.717) is 12.1 Å². The van der Waals surface area contributed by atoms with E-state index in [4.69, 9.17) is 0 Å². The molecule has 21 heavy (non-hydrogen) atoms.